The lowest BCUT2D eigenvalue weighted by atomic mass is 9.86. The topological polar surface area (TPSA) is 8.17 Å². The Morgan fingerprint density at radius 1 is 0.477 bits per heavy atom. The van der Waals surface area contributed by atoms with Gasteiger partial charge in [-0.15, -0.1) is 0 Å². The molecule has 44 heavy (non-hydrogen) atoms. The van der Waals surface area contributed by atoms with E-state index in [-0.39, 0.29) is 10.8 Å². The average molecular weight is 573 g/mol. The Labute approximate surface area is 261 Å². The van der Waals surface area contributed by atoms with Gasteiger partial charge in [-0.25, -0.2) is 0 Å². The quantitative estimate of drug-likeness (QED) is 0.204. The molecule has 0 unspecified atom stereocenters. The predicted octanol–water partition coefficient (Wildman–Crippen LogP) is 12.0. The maximum absolute atomic E-state index is 2.48. The Kier molecular flexibility index (Phi) is 6.62. The molecule has 0 fully saturated rings. The van der Waals surface area contributed by atoms with Crippen LogP contribution >= 0.6 is 0 Å². The third-order valence-corrected chi connectivity index (χ3v) is 8.88. The number of rotatable bonds is 4. The molecular weight excluding hydrogens is 532 g/mol. The SMILES string of the molecule is CC(C)(C)c1ccc(N(c2ccc(C(C)(C)C)cc2)c2c3ccccc3cc3c2c2ccccc2n3-c2ccccc2)cc1. The largest absolute Gasteiger partial charge is 0.309 e. The monoisotopic (exact) mass is 572 g/mol. The fourth-order valence-electron chi connectivity index (χ4n) is 6.48. The number of fused-ring (bicyclic) bond motifs is 4. The summed E-state index contributed by atoms with van der Waals surface area (Å²) in [6.45, 7) is 13.7. The van der Waals surface area contributed by atoms with Gasteiger partial charge in [0.25, 0.3) is 0 Å². The van der Waals surface area contributed by atoms with E-state index in [0.717, 1.165) is 17.1 Å². The van der Waals surface area contributed by atoms with Crippen LogP contribution in [0, 0.1) is 0 Å². The van der Waals surface area contributed by atoms with Gasteiger partial charge in [0.05, 0.1) is 16.7 Å². The number of nitrogens with zero attached hydrogens (tertiary/aromatic N) is 2. The maximum atomic E-state index is 2.48. The number of aromatic nitrogens is 1. The zero-order valence-electron chi connectivity index (χ0n) is 26.6. The lowest BCUT2D eigenvalue weighted by molar-refractivity contribution is 0.590. The standard InChI is InChI=1S/C42H40N2/c1-41(2,3)30-20-24-33(25-21-30)43(34-26-22-31(23-27-34)42(4,5)6)40-35-17-11-10-14-29(35)28-38-39(40)36-18-12-13-19-37(36)44(38)32-15-8-7-9-16-32/h7-28H,1-6H3. The molecule has 0 N–H and O–H groups in total. The Bertz CT molecular complexity index is 2040. The molecule has 0 saturated carbocycles. The Morgan fingerprint density at radius 3 is 1.55 bits per heavy atom. The van der Waals surface area contributed by atoms with E-state index in [9.17, 15) is 0 Å². The van der Waals surface area contributed by atoms with E-state index in [2.05, 4.69) is 184 Å². The minimum atomic E-state index is 0.0769. The molecule has 7 rings (SSSR count). The minimum absolute atomic E-state index is 0.0769. The normalized spacial score (nSPS) is 12.3. The first kappa shape index (κ1) is 28.0. The van der Waals surface area contributed by atoms with Gasteiger partial charge in [-0.1, -0.05) is 126 Å². The summed E-state index contributed by atoms with van der Waals surface area (Å²) in [5.74, 6) is 0. The van der Waals surface area contributed by atoms with Crippen LogP contribution in [0.15, 0.2) is 133 Å². The molecule has 0 atom stereocenters. The van der Waals surface area contributed by atoms with Crippen LogP contribution in [0.25, 0.3) is 38.3 Å². The van der Waals surface area contributed by atoms with E-state index in [1.165, 1.54) is 49.4 Å². The van der Waals surface area contributed by atoms with Crippen LogP contribution in [0.5, 0.6) is 0 Å². The molecule has 0 aliphatic rings. The smallest absolute Gasteiger partial charge is 0.0640 e. The third-order valence-electron chi connectivity index (χ3n) is 8.88. The molecule has 0 aliphatic heterocycles. The summed E-state index contributed by atoms with van der Waals surface area (Å²) < 4.78 is 2.42. The van der Waals surface area contributed by atoms with E-state index in [1.807, 2.05) is 0 Å². The van der Waals surface area contributed by atoms with Gasteiger partial charge >= 0.3 is 0 Å². The Hall–Kier alpha value is -4.82. The lowest BCUT2D eigenvalue weighted by Gasteiger charge is -2.30. The summed E-state index contributed by atoms with van der Waals surface area (Å²) in [5.41, 5.74) is 9.88. The number of anilines is 3. The van der Waals surface area contributed by atoms with Crippen LogP contribution in [0.3, 0.4) is 0 Å². The highest BCUT2D eigenvalue weighted by Gasteiger charge is 2.25. The molecule has 1 aromatic heterocycles. The summed E-state index contributed by atoms with van der Waals surface area (Å²) in [6, 6.07) is 49.1. The molecule has 218 valence electrons. The second kappa shape index (κ2) is 10.4. The predicted molar refractivity (Wildman–Crippen MR) is 190 cm³/mol. The first-order valence-corrected chi connectivity index (χ1v) is 15.6. The van der Waals surface area contributed by atoms with Crippen molar-refractivity contribution in [3.8, 4) is 5.69 Å². The van der Waals surface area contributed by atoms with Crippen molar-refractivity contribution in [1.29, 1.82) is 0 Å². The first-order chi connectivity index (χ1) is 21.1. The lowest BCUT2D eigenvalue weighted by Crippen LogP contribution is -2.15. The zero-order chi connectivity index (χ0) is 30.6. The van der Waals surface area contributed by atoms with Crippen molar-refractivity contribution in [1.82, 2.24) is 4.57 Å². The van der Waals surface area contributed by atoms with Crippen molar-refractivity contribution in [3.05, 3.63) is 145 Å². The Morgan fingerprint density at radius 2 is 0.977 bits per heavy atom. The second-order valence-corrected chi connectivity index (χ2v) is 14.0. The van der Waals surface area contributed by atoms with E-state index in [0.29, 0.717) is 0 Å². The average Bonchev–Trinajstić information content (AvgIpc) is 3.35. The van der Waals surface area contributed by atoms with Crippen molar-refractivity contribution in [2.24, 2.45) is 0 Å². The van der Waals surface area contributed by atoms with Gasteiger partial charge in [-0.05, 0) is 75.9 Å². The molecule has 7 aromatic rings. The highest BCUT2D eigenvalue weighted by atomic mass is 15.1. The molecule has 6 aromatic carbocycles. The van der Waals surface area contributed by atoms with Crippen molar-refractivity contribution in [2.45, 2.75) is 52.4 Å². The zero-order valence-corrected chi connectivity index (χ0v) is 26.6. The molecule has 0 amide bonds. The molecule has 0 bridgehead atoms. The van der Waals surface area contributed by atoms with E-state index in [4.69, 9.17) is 0 Å². The molecule has 2 nitrogen and oxygen atoms in total. The van der Waals surface area contributed by atoms with E-state index < -0.39 is 0 Å². The molecule has 0 saturated heterocycles. The van der Waals surface area contributed by atoms with Crippen LogP contribution in [-0.2, 0) is 10.8 Å². The van der Waals surface area contributed by atoms with E-state index in [1.54, 1.807) is 0 Å². The number of hydrogen-bond acceptors (Lipinski definition) is 1. The van der Waals surface area contributed by atoms with Crippen LogP contribution < -0.4 is 4.90 Å². The van der Waals surface area contributed by atoms with Gasteiger partial charge in [0.2, 0.25) is 0 Å². The summed E-state index contributed by atoms with van der Waals surface area (Å²) in [7, 11) is 0. The van der Waals surface area contributed by atoms with Crippen LogP contribution in [0.4, 0.5) is 17.1 Å². The Balaban J connectivity index is 1.61. The van der Waals surface area contributed by atoms with Gasteiger partial charge < -0.3 is 9.47 Å². The summed E-state index contributed by atoms with van der Waals surface area (Å²) in [5, 5.41) is 4.95. The number of benzene rings is 6. The molecule has 2 heteroatoms. The van der Waals surface area contributed by atoms with Crippen LogP contribution in [-0.4, -0.2) is 4.57 Å². The molecule has 1 heterocycles. The van der Waals surface area contributed by atoms with Crippen LogP contribution in [0.2, 0.25) is 0 Å². The van der Waals surface area contributed by atoms with E-state index >= 15 is 0 Å². The number of hydrogen-bond donors (Lipinski definition) is 0. The van der Waals surface area contributed by atoms with Gasteiger partial charge in [0, 0.05) is 33.2 Å². The molecule has 0 spiro atoms. The van der Waals surface area contributed by atoms with Gasteiger partial charge in [0.15, 0.2) is 0 Å². The molecule has 0 aliphatic carbocycles. The first-order valence-electron chi connectivity index (χ1n) is 15.6. The summed E-state index contributed by atoms with van der Waals surface area (Å²) in [6.07, 6.45) is 0. The molecule has 0 radical (unpaired) electrons. The van der Waals surface area contributed by atoms with Crippen molar-refractivity contribution in [3.63, 3.8) is 0 Å². The summed E-state index contributed by atoms with van der Waals surface area (Å²) in [4.78, 5) is 2.48. The fourth-order valence-corrected chi connectivity index (χ4v) is 6.48. The van der Waals surface area contributed by atoms with Crippen molar-refractivity contribution >= 4 is 49.6 Å². The highest BCUT2D eigenvalue weighted by Crippen LogP contribution is 2.48. The van der Waals surface area contributed by atoms with Crippen LogP contribution in [0.1, 0.15) is 52.7 Å². The van der Waals surface area contributed by atoms with Gasteiger partial charge in [-0.2, -0.15) is 0 Å². The number of para-hydroxylation sites is 2. The van der Waals surface area contributed by atoms with Gasteiger partial charge in [0.1, 0.15) is 0 Å². The van der Waals surface area contributed by atoms with Crippen molar-refractivity contribution in [2.75, 3.05) is 4.90 Å². The summed E-state index contributed by atoms with van der Waals surface area (Å²) >= 11 is 0. The fraction of sp³-hybridized carbons (Fsp3) is 0.190. The minimum Gasteiger partial charge on any atom is -0.309 e. The highest BCUT2D eigenvalue weighted by molar-refractivity contribution is 6.23. The van der Waals surface area contributed by atoms with Crippen molar-refractivity contribution < 1.29 is 0 Å². The maximum Gasteiger partial charge on any atom is 0.0640 e. The third kappa shape index (κ3) is 4.75. The molecular formula is C42H40N2. The second-order valence-electron chi connectivity index (χ2n) is 14.0. The van der Waals surface area contributed by atoms with Gasteiger partial charge in [-0.3, -0.25) is 0 Å².